The molecule has 0 spiro atoms. The van der Waals surface area contributed by atoms with E-state index in [9.17, 15) is 4.79 Å². The van der Waals surface area contributed by atoms with Gasteiger partial charge in [-0.25, -0.2) is 0 Å². The predicted octanol–water partition coefficient (Wildman–Crippen LogP) is 5.44. The van der Waals surface area contributed by atoms with Crippen molar-refractivity contribution in [2.24, 2.45) is 0 Å². The summed E-state index contributed by atoms with van der Waals surface area (Å²) >= 11 is 0. The largest absolute Gasteiger partial charge is 0.460 e. The van der Waals surface area contributed by atoms with Crippen molar-refractivity contribution in [2.45, 2.75) is 79.8 Å². The summed E-state index contributed by atoms with van der Waals surface area (Å²) in [4.78, 5) is 10.2. The Morgan fingerprint density at radius 1 is 1.11 bits per heavy atom. The Hall–Kier alpha value is -1.05. The van der Waals surface area contributed by atoms with Crippen molar-refractivity contribution in [1.29, 1.82) is 0 Å². The molecular weight excluding hydrogens is 236 g/mol. The fourth-order valence-electron chi connectivity index (χ4n) is 1.69. The summed E-state index contributed by atoms with van der Waals surface area (Å²) in [6.07, 6.45) is 7.20. The maximum atomic E-state index is 10.2. The number of hydrogen-bond acceptors (Lipinski definition) is 2. The van der Waals surface area contributed by atoms with Gasteiger partial charge in [0.25, 0.3) is 0 Å². The number of esters is 1. The van der Waals surface area contributed by atoms with Crippen LogP contribution in [0.1, 0.15) is 74.1 Å². The van der Waals surface area contributed by atoms with Crippen LogP contribution < -0.4 is 0 Å². The van der Waals surface area contributed by atoms with E-state index in [1.165, 1.54) is 38.2 Å². The van der Waals surface area contributed by atoms with E-state index in [4.69, 9.17) is 4.74 Å². The van der Waals surface area contributed by atoms with Crippen LogP contribution in [0.4, 0.5) is 0 Å². The summed E-state index contributed by atoms with van der Waals surface area (Å²) in [5.74, 6) is -0.225. The molecule has 0 rings (SSSR count). The van der Waals surface area contributed by atoms with Crippen LogP contribution in [0.15, 0.2) is 23.8 Å². The number of rotatable bonds is 5. The molecule has 0 aliphatic carbocycles. The maximum Gasteiger partial charge on any atom is 0.303 e. The molecule has 0 heterocycles. The minimum atomic E-state index is -0.328. The number of carbonyl (C=O) groups is 1. The summed E-state index contributed by atoms with van der Waals surface area (Å²) in [7, 11) is 0. The third-order valence-electron chi connectivity index (χ3n) is 2.04. The standard InChI is InChI=1S/C11H20.C6H12O2/c1-5-7-11(8-6-2)9-10(3)4;1-5(7)8-6(2,3)4/h9H,3,5-8H2,1-2,4H3;1-4H3. The van der Waals surface area contributed by atoms with Crippen molar-refractivity contribution in [2.75, 3.05) is 0 Å². The number of ether oxygens (including phenoxy) is 1. The van der Waals surface area contributed by atoms with Gasteiger partial charge in [0.15, 0.2) is 0 Å². The van der Waals surface area contributed by atoms with Crippen LogP contribution in [0.2, 0.25) is 0 Å². The van der Waals surface area contributed by atoms with Gasteiger partial charge in [-0.15, -0.1) is 0 Å². The highest BCUT2D eigenvalue weighted by Gasteiger charge is 2.11. The lowest BCUT2D eigenvalue weighted by atomic mass is 10.0. The van der Waals surface area contributed by atoms with Gasteiger partial charge in [0.1, 0.15) is 5.60 Å². The molecule has 112 valence electrons. The highest BCUT2D eigenvalue weighted by Crippen LogP contribution is 2.13. The first-order valence-electron chi connectivity index (χ1n) is 7.16. The molecule has 0 amide bonds. The van der Waals surface area contributed by atoms with Crippen molar-refractivity contribution in [3.63, 3.8) is 0 Å². The molecule has 0 aliphatic rings. The zero-order valence-corrected chi connectivity index (χ0v) is 13.9. The third-order valence-corrected chi connectivity index (χ3v) is 2.04. The van der Waals surface area contributed by atoms with E-state index in [1.54, 1.807) is 5.57 Å². The molecular formula is C17H32O2. The first-order valence-corrected chi connectivity index (χ1v) is 7.16. The molecule has 0 radical (unpaired) electrons. The van der Waals surface area contributed by atoms with Crippen molar-refractivity contribution in [3.8, 4) is 0 Å². The molecule has 0 aromatic heterocycles. The number of carbonyl (C=O) groups excluding carboxylic acids is 1. The Morgan fingerprint density at radius 3 is 1.68 bits per heavy atom. The average molecular weight is 268 g/mol. The Morgan fingerprint density at radius 2 is 1.53 bits per heavy atom. The minimum absolute atomic E-state index is 0.225. The molecule has 0 bridgehead atoms. The van der Waals surface area contributed by atoms with Gasteiger partial charge in [-0.2, -0.15) is 0 Å². The van der Waals surface area contributed by atoms with Gasteiger partial charge in [-0.05, 0) is 40.5 Å². The Balaban J connectivity index is 0. The lowest BCUT2D eigenvalue weighted by Gasteiger charge is -2.17. The molecule has 2 heteroatoms. The van der Waals surface area contributed by atoms with E-state index in [-0.39, 0.29) is 11.6 Å². The second-order valence-corrected chi connectivity index (χ2v) is 5.85. The SMILES string of the molecule is C=C(C)C=C(CCC)CCC.CC(=O)OC(C)(C)C. The van der Waals surface area contributed by atoms with E-state index >= 15 is 0 Å². The van der Waals surface area contributed by atoms with E-state index < -0.39 is 0 Å². The molecule has 0 aromatic carbocycles. The van der Waals surface area contributed by atoms with Gasteiger partial charge < -0.3 is 4.74 Å². The van der Waals surface area contributed by atoms with E-state index in [2.05, 4.69) is 33.4 Å². The van der Waals surface area contributed by atoms with Crippen molar-refractivity contribution in [3.05, 3.63) is 23.8 Å². The van der Waals surface area contributed by atoms with E-state index in [0.717, 1.165) is 0 Å². The lowest BCUT2D eigenvalue weighted by molar-refractivity contribution is -0.151. The smallest absolute Gasteiger partial charge is 0.303 e. The maximum absolute atomic E-state index is 10.2. The van der Waals surface area contributed by atoms with Crippen LogP contribution >= 0.6 is 0 Å². The molecule has 2 nitrogen and oxygen atoms in total. The van der Waals surface area contributed by atoms with Gasteiger partial charge >= 0.3 is 5.97 Å². The van der Waals surface area contributed by atoms with Gasteiger partial charge in [0.2, 0.25) is 0 Å². The first-order chi connectivity index (χ1) is 8.62. The fourth-order valence-corrected chi connectivity index (χ4v) is 1.69. The molecule has 0 atom stereocenters. The molecule has 0 aromatic rings. The van der Waals surface area contributed by atoms with E-state index in [0.29, 0.717) is 0 Å². The second-order valence-electron chi connectivity index (χ2n) is 5.85. The Bertz CT molecular complexity index is 285. The average Bonchev–Trinajstić information content (AvgIpc) is 2.13. The summed E-state index contributed by atoms with van der Waals surface area (Å²) in [6, 6.07) is 0. The van der Waals surface area contributed by atoms with E-state index in [1.807, 2.05) is 20.8 Å². The van der Waals surface area contributed by atoms with Gasteiger partial charge in [0.05, 0.1) is 0 Å². The van der Waals surface area contributed by atoms with Crippen LogP contribution in [0.25, 0.3) is 0 Å². The molecule has 0 saturated heterocycles. The monoisotopic (exact) mass is 268 g/mol. The summed E-state index contributed by atoms with van der Waals surface area (Å²) in [6.45, 7) is 17.3. The molecule has 0 aliphatic heterocycles. The third kappa shape index (κ3) is 19.5. The Kier molecular flexibility index (Phi) is 11.6. The number of hydrogen-bond donors (Lipinski definition) is 0. The van der Waals surface area contributed by atoms with Crippen LogP contribution in [0.3, 0.4) is 0 Å². The van der Waals surface area contributed by atoms with Crippen molar-refractivity contribution >= 4 is 5.97 Å². The van der Waals surface area contributed by atoms with Crippen LogP contribution in [-0.4, -0.2) is 11.6 Å². The first kappa shape index (κ1) is 20.3. The van der Waals surface area contributed by atoms with Gasteiger partial charge in [-0.3, -0.25) is 4.79 Å². The molecule has 19 heavy (non-hydrogen) atoms. The quantitative estimate of drug-likeness (QED) is 0.490. The normalized spacial score (nSPS) is 10.1. The lowest BCUT2D eigenvalue weighted by Crippen LogP contribution is -2.21. The molecule has 0 saturated carbocycles. The molecule has 0 fully saturated rings. The highest BCUT2D eigenvalue weighted by atomic mass is 16.6. The van der Waals surface area contributed by atoms with Crippen molar-refractivity contribution in [1.82, 2.24) is 0 Å². The second kappa shape index (κ2) is 10.8. The van der Waals surface area contributed by atoms with Crippen LogP contribution in [0.5, 0.6) is 0 Å². The predicted molar refractivity (Wildman–Crippen MR) is 84.2 cm³/mol. The zero-order chi connectivity index (χ0) is 15.5. The fraction of sp³-hybridized carbons (Fsp3) is 0.706. The summed E-state index contributed by atoms with van der Waals surface area (Å²) < 4.78 is 4.80. The summed E-state index contributed by atoms with van der Waals surface area (Å²) in [5.41, 5.74) is 2.41. The Labute approximate surface area is 119 Å². The molecule has 0 unspecified atom stereocenters. The number of allylic oxidation sites excluding steroid dienone is 3. The zero-order valence-electron chi connectivity index (χ0n) is 13.9. The highest BCUT2D eigenvalue weighted by molar-refractivity contribution is 5.66. The van der Waals surface area contributed by atoms with Crippen molar-refractivity contribution < 1.29 is 9.53 Å². The van der Waals surface area contributed by atoms with Crippen LogP contribution in [-0.2, 0) is 9.53 Å². The minimum Gasteiger partial charge on any atom is -0.460 e. The summed E-state index contributed by atoms with van der Waals surface area (Å²) in [5, 5.41) is 0. The topological polar surface area (TPSA) is 26.3 Å². The van der Waals surface area contributed by atoms with Crippen LogP contribution in [0, 0.1) is 0 Å². The van der Waals surface area contributed by atoms with Gasteiger partial charge in [-0.1, -0.05) is 50.5 Å². The van der Waals surface area contributed by atoms with Gasteiger partial charge in [0, 0.05) is 6.92 Å². The molecule has 0 N–H and O–H groups in total.